The van der Waals surface area contributed by atoms with Gasteiger partial charge in [-0.3, -0.25) is 4.79 Å². The Morgan fingerprint density at radius 3 is 2.09 bits per heavy atom. The second-order valence-corrected chi connectivity index (χ2v) is 17.7. The maximum absolute atomic E-state index is 14.7. The van der Waals surface area contributed by atoms with Crippen molar-refractivity contribution in [3.8, 4) is 0 Å². The molecular weight excluding hydrogens is 1180 g/mol. The van der Waals surface area contributed by atoms with Gasteiger partial charge < -0.3 is 49.8 Å². The number of amides is 1. The van der Waals surface area contributed by atoms with Gasteiger partial charge in [0, 0.05) is 112 Å². The number of esters is 2. The van der Waals surface area contributed by atoms with Gasteiger partial charge in [-0.15, -0.1) is 0 Å². The third-order valence-electron chi connectivity index (χ3n) is 12.5. The number of carbonyl (C=O) groups excluding carboxylic acids is 4. The largest absolute Gasteiger partial charge is 0.456 e. The number of ketones is 1. The van der Waals surface area contributed by atoms with E-state index < -0.39 is 101 Å². The fraction of sp³-hybridized carbons (Fsp3) is 0.571. The number of carbonyl (C=O) groups is 4. The smallest absolute Gasteiger partial charge is 0.407 e. The number of aliphatic hydroxyl groups excluding tert-OH is 3. The number of hydrogen-bond acceptors (Lipinski definition) is 13. The summed E-state index contributed by atoms with van der Waals surface area (Å²) in [7, 11) is 0. The molecule has 2 radical (unpaired) electrons. The van der Waals surface area contributed by atoms with Crippen molar-refractivity contribution in [1.29, 1.82) is 0 Å². The topological polar surface area (TPSA) is 218 Å². The van der Waals surface area contributed by atoms with Crippen LogP contribution in [0, 0.1) is 110 Å². The van der Waals surface area contributed by atoms with Crippen LogP contribution >= 0.6 is 0 Å². The molecule has 2 aromatic carbocycles. The molecular formula is C42H53Ac2NO13. The summed E-state index contributed by atoms with van der Waals surface area (Å²) in [6.07, 6.45) is -11.2. The van der Waals surface area contributed by atoms with E-state index in [-0.39, 0.29) is 130 Å². The maximum Gasteiger partial charge on any atom is 0.407 e. The van der Waals surface area contributed by atoms with E-state index in [2.05, 4.69) is 5.32 Å². The van der Waals surface area contributed by atoms with Crippen LogP contribution in [0.5, 0.6) is 0 Å². The predicted octanol–water partition coefficient (Wildman–Crippen LogP) is 2.94. The molecule has 1 saturated heterocycles. The summed E-state index contributed by atoms with van der Waals surface area (Å²) >= 11 is 0. The van der Waals surface area contributed by atoms with Crippen molar-refractivity contribution in [1.82, 2.24) is 5.32 Å². The quantitative estimate of drug-likeness (QED) is 0.128. The molecule has 2 aromatic rings. The summed E-state index contributed by atoms with van der Waals surface area (Å²) in [4.78, 5) is 55.6. The molecule has 6 rings (SSSR count). The van der Waals surface area contributed by atoms with Crippen LogP contribution in [0.15, 0.2) is 71.8 Å². The first kappa shape index (κ1) is 49.4. The van der Waals surface area contributed by atoms with Crippen molar-refractivity contribution in [2.75, 3.05) is 13.2 Å². The molecule has 1 heterocycles. The van der Waals surface area contributed by atoms with Crippen LogP contribution < -0.4 is 5.32 Å². The van der Waals surface area contributed by atoms with Crippen LogP contribution in [0.3, 0.4) is 0 Å². The normalized spacial score (nSPS) is 33.4. The number of benzene rings is 2. The molecule has 16 heteroatoms. The van der Waals surface area contributed by atoms with E-state index in [4.69, 9.17) is 18.9 Å². The summed E-state index contributed by atoms with van der Waals surface area (Å²) in [5.74, 6) is -4.54. The van der Waals surface area contributed by atoms with Gasteiger partial charge in [-0.2, -0.15) is 0 Å². The molecule has 2 saturated carbocycles. The SMILES string of the molecule is CC1=C2[C@@H](O)C(=O)[C@@]3(C)[C@H]([C@H](OC(=O)c4ccccc4)[C@](O)(CC1OC(=O)[C@H](O)[C@@H](NC(=O)OCC(C)(C)C)c1ccccc1)C2(C)C)[C@]1(O)CO[C@@H]1C[C@@H]3O.[Ac].[Ac]. The number of hydrogen-bond donors (Lipinski definition) is 6. The number of fused-ring (bicyclic) bond motifs is 5. The van der Waals surface area contributed by atoms with Crippen LogP contribution in [0.25, 0.3) is 0 Å². The standard InChI is InChI=1S/C42H53NO13.2Ac/c1-22-25(55-36(49)31(46)29(23-14-10-8-11-15-23)43-37(50)54-20-38(2,3)4)19-42(52)34(56-35(48)24-16-12-9-13-17-24)32-40(7,26(44)18-27-41(32,51)21-53-27)33(47)30(45)28(22)39(42,5)6;;/h8-17,25-27,29-32,34,44-46,51-52H,18-21H2,1-7H3,(H,43,50);;/t25?,26-,27+,29-,30+,31+,32-,34-,40+,41-,42+;;/m0../s1. The first-order valence-corrected chi connectivity index (χ1v) is 18.9. The van der Waals surface area contributed by atoms with Crippen LogP contribution in [-0.2, 0) is 28.5 Å². The molecule has 1 unspecified atom stereocenters. The Kier molecular flexibility index (Phi) is 15.5. The van der Waals surface area contributed by atoms with E-state index in [0.29, 0.717) is 5.56 Å². The Morgan fingerprint density at radius 2 is 1.53 bits per heavy atom. The monoisotopic (exact) mass is 1230 g/mol. The van der Waals surface area contributed by atoms with Crippen molar-refractivity contribution >= 4 is 23.8 Å². The van der Waals surface area contributed by atoms with Gasteiger partial charge in [0.05, 0.1) is 42.4 Å². The molecule has 2 bridgehead atoms. The Hall–Kier alpha value is -1.30. The summed E-state index contributed by atoms with van der Waals surface area (Å²) in [6.45, 7) is 11.3. The van der Waals surface area contributed by atoms with Gasteiger partial charge in [0.25, 0.3) is 0 Å². The van der Waals surface area contributed by atoms with Gasteiger partial charge in [0.2, 0.25) is 0 Å². The van der Waals surface area contributed by atoms with Crippen LogP contribution in [0.4, 0.5) is 4.79 Å². The molecule has 0 spiro atoms. The van der Waals surface area contributed by atoms with E-state index in [9.17, 15) is 44.7 Å². The van der Waals surface area contributed by atoms with E-state index >= 15 is 0 Å². The zero-order valence-electron chi connectivity index (χ0n) is 33.9. The predicted molar refractivity (Wildman–Crippen MR) is 199 cm³/mol. The Bertz CT molecular complexity index is 1890. The van der Waals surface area contributed by atoms with Gasteiger partial charge in [-0.25, -0.2) is 14.4 Å². The Balaban J connectivity index is 0.00000372. The van der Waals surface area contributed by atoms with Crippen molar-refractivity contribution < 1.29 is 152 Å². The molecule has 1 amide bonds. The van der Waals surface area contributed by atoms with E-state index in [0.717, 1.165) is 0 Å². The number of Topliss-reactive ketones (excluding diaryl/α,β-unsaturated/α-hetero) is 1. The van der Waals surface area contributed by atoms with Crippen molar-refractivity contribution in [2.45, 2.75) is 115 Å². The number of ether oxygens (including phenoxy) is 4. The van der Waals surface area contributed by atoms with Gasteiger partial charge >= 0.3 is 18.0 Å². The average Bonchev–Trinajstić information content (AvgIpc) is 3.15. The Morgan fingerprint density at radius 1 is 0.948 bits per heavy atom. The van der Waals surface area contributed by atoms with Gasteiger partial charge in [-0.1, -0.05) is 83.1 Å². The molecule has 11 atom stereocenters. The third-order valence-corrected chi connectivity index (χ3v) is 12.5. The first-order valence-electron chi connectivity index (χ1n) is 18.9. The molecule has 3 aliphatic carbocycles. The minimum Gasteiger partial charge on any atom is -0.456 e. The second-order valence-electron chi connectivity index (χ2n) is 17.7. The molecule has 1 aliphatic heterocycles. The fourth-order valence-corrected chi connectivity index (χ4v) is 9.18. The second kappa shape index (κ2) is 18.2. The summed E-state index contributed by atoms with van der Waals surface area (Å²) in [5.41, 5.74) is -7.56. The summed E-state index contributed by atoms with van der Waals surface area (Å²) in [6, 6.07) is 14.8. The number of aliphatic hydroxyl groups is 5. The minimum atomic E-state index is -2.31. The number of rotatable bonds is 8. The van der Waals surface area contributed by atoms with Gasteiger partial charge in [-0.05, 0) is 48.1 Å². The molecule has 4 aliphatic rings. The number of alkyl carbamates (subject to hydrolysis) is 1. The third kappa shape index (κ3) is 8.69. The summed E-state index contributed by atoms with van der Waals surface area (Å²) in [5, 5.41) is 63.3. The number of nitrogens with one attached hydrogen (secondary N) is 1. The van der Waals surface area contributed by atoms with E-state index in [1.54, 1.807) is 62.4 Å². The molecule has 310 valence electrons. The van der Waals surface area contributed by atoms with Gasteiger partial charge in [0.1, 0.15) is 29.5 Å². The first-order chi connectivity index (χ1) is 26.1. The Labute approximate surface area is 409 Å². The van der Waals surface area contributed by atoms with Gasteiger partial charge in [0.15, 0.2) is 11.9 Å². The fourth-order valence-electron chi connectivity index (χ4n) is 9.18. The molecule has 14 nitrogen and oxygen atoms in total. The van der Waals surface area contributed by atoms with Crippen molar-refractivity contribution in [2.24, 2.45) is 22.2 Å². The molecule has 6 N–H and O–H groups in total. The molecule has 58 heavy (non-hydrogen) atoms. The van der Waals surface area contributed by atoms with Crippen molar-refractivity contribution in [3.63, 3.8) is 0 Å². The molecule has 3 fully saturated rings. The summed E-state index contributed by atoms with van der Waals surface area (Å²) < 4.78 is 23.2. The van der Waals surface area contributed by atoms with Crippen LogP contribution in [-0.4, -0.2) is 110 Å². The zero-order chi connectivity index (χ0) is 41.2. The van der Waals surface area contributed by atoms with E-state index in [1.807, 2.05) is 20.8 Å². The van der Waals surface area contributed by atoms with Crippen molar-refractivity contribution in [3.05, 3.63) is 82.9 Å². The zero-order valence-corrected chi connectivity index (χ0v) is 43.4. The molecule has 0 aromatic heterocycles. The maximum atomic E-state index is 14.7. The van der Waals surface area contributed by atoms with Crippen LogP contribution in [0.1, 0.15) is 83.3 Å². The average molecular weight is 1230 g/mol. The minimum absolute atomic E-state index is 0. The van der Waals surface area contributed by atoms with Crippen LogP contribution in [0.2, 0.25) is 0 Å². The van der Waals surface area contributed by atoms with E-state index in [1.165, 1.54) is 26.0 Å².